The number of benzene rings is 2. The van der Waals surface area contributed by atoms with E-state index in [0.717, 1.165) is 18.6 Å². The fourth-order valence-corrected chi connectivity index (χ4v) is 2.68. The van der Waals surface area contributed by atoms with Crippen LogP contribution in [0.1, 0.15) is 23.2 Å². The fraction of sp³-hybridized carbons (Fsp3) is 0.222. The lowest BCUT2D eigenvalue weighted by Crippen LogP contribution is -2.24. The number of rotatable bonds is 4. The predicted molar refractivity (Wildman–Crippen MR) is 89.1 cm³/mol. The predicted octanol–water partition coefficient (Wildman–Crippen LogP) is 3.96. The van der Waals surface area contributed by atoms with E-state index in [4.69, 9.17) is 0 Å². The Morgan fingerprint density at radius 1 is 1.12 bits per heavy atom. The zero-order valence-electron chi connectivity index (χ0n) is 13.5. The Bertz CT molecular complexity index is 819. The lowest BCUT2D eigenvalue weighted by atomic mass is 10.1. The van der Waals surface area contributed by atoms with Crippen LogP contribution in [0, 0.1) is 0 Å². The maximum Gasteiger partial charge on any atom is 0.573 e. The van der Waals surface area contributed by atoms with Crippen LogP contribution in [0.4, 0.5) is 24.5 Å². The van der Waals surface area contributed by atoms with Crippen molar-refractivity contribution in [3.05, 3.63) is 54.1 Å². The fourth-order valence-electron chi connectivity index (χ4n) is 2.68. The van der Waals surface area contributed by atoms with Gasteiger partial charge in [-0.3, -0.25) is 9.59 Å². The highest BCUT2D eigenvalue weighted by molar-refractivity contribution is 6.05. The van der Waals surface area contributed by atoms with Crippen LogP contribution in [-0.2, 0) is 4.79 Å². The average molecular weight is 364 g/mol. The van der Waals surface area contributed by atoms with Gasteiger partial charge in [-0.05, 0) is 48.9 Å². The Kier molecular flexibility index (Phi) is 4.83. The minimum atomic E-state index is -4.77. The van der Waals surface area contributed by atoms with Gasteiger partial charge in [0.15, 0.2) is 0 Å². The van der Waals surface area contributed by atoms with Crippen molar-refractivity contribution >= 4 is 23.2 Å². The standard InChI is InChI=1S/C18H15F3N2O3/c19-18(20,21)26-15-8-6-13(7-9-15)22-17(25)12-3-1-4-14(11-12)23-10-2-5-16(23)24/h1,3-4,6-9,11H,2,5,10H2,(H,22,25). The molecule has 1 aliphatic heterocycles. The van der Waals surface area contributed by atoms with Crippen LogP contribution in [0.2, 0.25) is 0 Å². The molecular weight excluding hydrogens is 349 g/mol. The van der Waals surface area contributed by atoms with Crippen molar-refractivity contribution in [3.63, 3.8) is 0 Å². The first kappa shape index (κ1) is 17.8. The lowest BCUT2D eigenvalue weighted by Gasteiger charge is -2.16. The van der Waals surface area contributed by atoms with Crippen molar-refractivity contribution in [2.24, 2.45) is 0 Å². The zero-order valence-corrected chi connectivity index (χ0v) is 13.5. The Balaban J connectivity index is 1.69. The first-order valence-corrected chi connectivity index (χ1v) is 7.89. The second-order valence-corrected chi connectivity index (χ2v) is 5.73. The Hall–Kier alpha value is -3.03. The molecule has 2 amide bonds. The second-order valence-electron chi connectivity index (χ2n) is 5.73. The number of hydrogen-bond acceptors (Lipinski definition) is 3. The van der Waals surface area contributed by atoms with Crippen molar-refractivity contribution in [3.8, 4) is 5.75 Å². The smallest absolute Gasteiger partial charge is 0.406 e. The van der Waals surface area contributed by atoms with Crippen LogP contribution in [0.3, 0.4) is 0 Å². The van der Waals surface area contributed by atoms with Crippen LogP contribution >= 0.6 is 0 Å². The number of anilines is 2. The summed E-state index contributed by atoms with van der Waals surface area (Å²) in [6.07, 6.45) is -3.50. The van der Waals surface area contributed by atoms with E-state index >= 15 is 0 Å². The number of halogens is 3. The molecule has 0 radical (unpaired) electrons. The molecule has 3 rings (SSSR count). The third kappa shape index (κ3) is 4.33. The van der Waals surface area contributed by atoms with E-state index in [1.807, 2.05) is 0 Å². The van der Waals surface area contributed by atoms with Crippen molar-refractivity contribution in [2.45, 2.75) is 19.2 Å². The number of amides is 2. The van der Waals surface area contributed by atoms with Crippen LogP contribution in [0.15, 0.2) is 48.5 Å². The van der Waals surface area contributed by atoms with Crippen LogP contribution < -0.4 is 15.0 Å². The van der Waals surface area contributed by atoms with Gasteiger partial charge in [0.25, 0.3) is 5.91 Å². The van der Waals surface area contributed by atoms with Crippen molar-refractivity contribution < 1.29 is 27.5 Å². The van der Waals surface area contributed by atoms with Crippen molar-refractivity contribution in [1.82, 2.24) is 0 Å². The van der Waals surface area contributed by atoms with E-state index in [1.165, 1.54) is 12.1 Å². The summed E-state index contributed by atoms with van der Waals surface area (Å²) in [6.45, 7) is 0.616. The van der Waals surface area contributed by atoms with Gasteiger partial charge in [0, 0.05) is 29.9 Å². The SMILES string of the molecule is O=C(Nc1ccc(OC(F)(F)F)cc1)c1cccc(N2CCCC2=O)c1. The van der Waals surface area contributed by atoms with Crippen molar-refractivity contribution in [2.75, 3.05) is 16.8 Å². The maximum absolute atomic E-state index is 12.4. The molecule has 26 heavy (non-hydrogen) atoms. The number of hydrogen-bond donors (Lipinski definition) is 1. The number of carbonyl (C=O) groups excluding carboxylic acids is 2. The molecule has 2 aromatic rings. The summed E-state index contributed by atoms with van der Waals surface area (Å²) in [4.78, 5) is 25.8. The van der Waals surface area contributed by atoms with Gasteiger partial charge < -0.3 is 15.0 Å². The summed E-state index contributed by atoms with van der Waals surface area (Å²) in [5.74, 6) is -0.782. The summed E-state index contributed by atoms with van der Waals surface area (Å²) >= 11 is 0. The molecule has 5 nitrogen and oxygen atoms in total. The first-order valence-electron chi connectivity index (χ1n) is 7.89. The summed E-state index contributed by atoms with van der Waals surface area (Å²) < 4.78 is 40.2. The highest BCUT2D eigenvalue weighted by atomic mass is 19.4. The van der Waals surface area contributed by atoms with Gasteiger partial charge in [0.05, 0.1) is 0 Å². The van der Waals surface area contributed by atoms with Crippen LogP contribution in [0.5, 0.6) is 5.75 Å². The number of nitrogens with zero attached hydrogens (tertiary/aromatic N) is 1. The first-order chi connectivity index (χ1) is 12.3. The van der Waals surface area contributed by atoms with Crippen LogP contribution in [-0.4, -0.2) is 24.7 Å². The van der Waals surface area contributed by atoms with E-state index in [9.17, 15) is 22.8 Å². The van der Waals surface area contributed by atoms with Gasteiger partial charge in [0.2, 0.25) is 5.91 Å². The summed E-state index contributed by atoms with van der Waals surface area (Å²) in [7, 11) is 0. The summed E-state index contributed by atoms with van der Waals surface area (Å²) in [5.41, 5.74) is 1.32. The Morgan fingerprint density at radius 3 is 2.46 bits per heavy atom. The molecule has 0 bridgehead atoms. The van der Waals surface area contributed by atoms with E-state index in [0.29, 0.717) is 29.9 Å². The highest BCUT2D eigenvalue weighted by Crippen LogP contribution is 2.25. The normalized spacial score (nSPS) is 14.4. The molecule has 1 heterocycles. The number of carbonyl (C=O) groups is 2. The molecule has 2 aromatic carbocycles. The zero-order chi connectivity index (χ0) is 18.7. The summed E-state index contributed by atoms with van der Waals surface area (Å²) in [6, 6.07) is 11.5. The van der Waals surface area contributed by atoms with E-state index in [1.54, 1.807) is 29.2 Å². The molecule has 0 atom stereocenters. The number of ether oxygens (including phenoxy) is 1. The molecule has 0 spiro atoms. The maximum atomic E-state index is 12.4. The monoisotopic (exact) mass is 364 g/mol. The summed E-state index contributed by atoms with van der Waals surface area (Å²) in [5, 5.41) is 2.60. The van der Waals surface area contributed by atoms with E-state index in [2.05, 4.69) is 10.1 Å². The average Bonchev–Trinajstić information content (AvgIpc) is 3.01. The number of alkyl halides is 3. The molecule has 1 fully saturated rings. The van der Waals surface area contributed by atoms with Gasteiger partial charge in [-0.1, -0.05) is 6.07 Å². The Labute approximate surface area is 147 Å². The van der Waals surface area contributed by atoms with E-state index in [-0.39, 0.29) is 11.7 Å². The minimum absolute atomic E-state index is 0.0165. The van der Waals surface area contributed by atoms with Gasteiger partial charge in [0.1, 0.15) is 5.75 Å². The molecule has 1 aliphatic rings. The third-order valence-corrected chi connectivity index (χ3v) is 3.84. The van der Waals surface area contributed by atoms with Crippen molar-refractivity contribution in [1.29, 1.82) is 0 Å². The topological polar surface area (TPSA) is 58.6 Å². The molecule has 0 aliphatic carbocycles. The molecule has 0 aromatic heterocycles. The van der Waals surface area contributed by atoms with Gasteiger partial charge in [-0.15, -0.1) is 13.2 Å². The number of nitrogens with one attached hydrogen (secondary N) is 1. The largest absolute Gasteiger partial charge is 0.573 e. The molecule has 0 unspecified atom stereocenters. The molecule has 8 heteroatoms. The molecular formula is C18H15F3N2O3. The molecule has 136 valence electrons. The van der Waals surface area contributed by atoms with Gasteiger partial charge in [-0.25, -0.2) is 0 Å². The molecule has 0 saturated carbocycles. The minimum Gasteiger partial charge on any atom is -0.406 e. The molecule has 1 N–H and O–H groups in total. The van der Waals surface area contributed by atoms with E-state index < -0.39 is 12.3 Å². The quantitative estimate of drug-likeness (QED) is 0.893. The third-order valence-electron chi connectivity index (χ3n) is 3.84. The molecule has 1 saturated heterocycles. The van der Waals surface area contributed by atoms with Gasteiger partial charge >= 0.3 is 6.36 Å². The van der Waals surface area contributed by atoms with Gasteiger partial charge in [-0.2, -0.15) is 0 Å². The Morgan fingerprint density at radius 2 is 1.85 bits per heavy atom. The lowest BCUT2D eigenvalue weighted by molar-refractivity contribution is -0.274. The highest BCUT2D eigenvalue weighted by Gasteiger charge is 2.31. The van der Waals surface area contributed by atoms with Crippen LogP contribution in [0.25, 0.3) is 0 Å². The second kappa shape index (κ2) is 7.07.